The Morgan fingerprint density at radius 3 is 3.12 bits per heavy atom. The van der Waals surface area contributed by atoms with Crippen molar-refractivity contribution in [3.63, 3.8) is 0 Å². The molecule has 1 aromatic heterocycles. The molecular weight excluding hydrogens is 214 g/mol. The molecule has 1 aromatic rings. The molecule has 1 fully saturated rings. The minimum atomic E-state index is -1.06. The number of ether oxygens (including phenoxy) is 2. The van der Waals surface area contributed by atoms with E-state index in [0.717, 1.165) is 0 Å². The lowest BCUT2D eigenvalue weighted by molar-refractivity contribution is -0.186. The van der Waals surface area contributed by atoms with Gasteiger partial charge in [0.05, 0.1) is 13.2 Å². The number of rotatable bonds is 2. The first-order valence-corrected chi connectivity index (χ1v) is 4.81. The Hall–Kier alpha value is -1.44. The first-order chi connectivity index (χ1) is 7.54. The first kappa shape index (κ1) is 11.1. The molecule has 7 heteroatoms. The molecule has 0 saturated carbocycles. The molecule has 1 aliphatic heterocycles. The van der Waals surface area contributed by atoms with Crippen LogP contribution in [0.15, 0.2) is 17.1 Å². The summed E-state index contributed by atoms with van der Waals surface area (Å²) in [5, 5.41) is 9.03. The Morgan fingerprint density at radius 1 is 1.81 bits per heavy atom. The van der Waals surface area contributed by atoms with Crippen LogP contribution >= 0.6 is 0 Å². The molecule has 88 valence electrons. The number of aliphatic hydroxyl groups is 1. The summed E-state index contributed by atoms with van der Waals surface area (Å²) in [5.74, 6) is -0.907. The number of nitrogens with two attached hydrogens (primary N) is 1. The smallest absolute Gasteiger partial charge is 0.351 e. The number of nitrogens with zero attached hydrogens (tertiary/aromatic N) is 2. The van der Waals surface area contributed by atoms with Crippen LogP contribution in [0.25, 0.3) is 0 Å². The molecule has 0 aromatic carbocycles. The second-order valence-corrected chi connectivity index (χ2v) is 3.72. The highest BCUT2D eigenvalue weighted by atomic mass is 16.8. The van der Waals surface area contributed by atoms with Crippen LogP contribution in [0, 0.1) is 0 Å². The van der Waals surface area contributed by atoms with Crippen molar-refractivity contribution >= 4 is 5.82 Å². The maximum atomic E-state index is 11.5. The normalized spacial score (nSPS) is 29.5. The molecule has 0 aliphatic carbocycles. The Balaban J connectivity index is 2.24. The average molecular weight is 227 g/mol. The van der Waals surface area contributed by atoms with Crippen LogP contribution in [0.3, 0.4) is 0 Å². The Bertz CT molecular complexity index is 447. The van der Waals surface area contributed by atoms with E-state index in [1.54, 1.807) is 6.92 Å². The number of hydrogen-bond acceptors (Lipinski definition) is 6. The topological polar surface area (TPSA) is 99.6 Å². The predicted molar refractivity (Wildman–Crippen MR) is 54.5 cm³/mol. The van der Waals surface area contributed by atoms with Crippen molar-refractivity contribution in [3.8, 4) is 0 Å². The van der Waals surface area contributed by atoms with Gasteiger partial charge in [0.1, 0.15) is 5.82 Å². The monoisotopic (exact) mass is 227 g/mol. The maximum absolute atomic E-state index is 11.5. The maximum Gasteiger partial charge on any atom is 0.351 e. The second kappa shape index (κ2) is 3.85. The summed E-state index contributed by atoms with van der Waals surface area (Å²) in [4.78, 5) is 15.1. The van der Waals surface area contributed by atoms with E-state index >= 15 is 0 Å². The molecule has 0 bridgehead atoms. The molecule has 1 aliphatic rings. The van der Waals surface area contributed by atoms with Crippen LogP contribution in [0.1, 0.15) is 13.2 Å². The van der Waals surface area contributed by atoms with Crippen molar-refractivity contribution in [1.29, 1.82) is 0 Å². The zero-order valence-electron chi connectivity index (χ0n) is 8.79. The van der Waals surface area contributed by atoms with E-state index in [-0.39, 0.29) is 19.0 Å². The average Bonchev–Trinajstić information content (AvgIpc) is 2.62. The van der Waals surface area contributed by atoms with E-state index in [9.17, 15) is 4.79 Å². The molecule has 1 saturated heterocycles. The lowest BCUT2D eigenvalue weighted by Crippen LogP contribution is -2.33. The van der Waals surface area contributed by atoms with Gasteiger partial charge in [0.15, 0.2) is 12.0 Å². The van der Waals surface area contributed by atoms with E-state index in [1.807, 2.05) is 0 Å². The van der Waals surface area contributed by atoms with Gasteiger partial charge in [-0.1, -0.05) is 0 Å². The third-order valence-corrected chi connectivity index (χ3v) is 2.37. The van der Waals surface area contributed by atoms with E-state index in [0.29, 0.717) is 0 Å². The van der Waals surface area contributed by atoms with Gasteiger partial charge >= 0.3 is 5.69 Å². The fraction of sp³-hybridized carbons (Fsp3) is 0.556. The van der Waals surface area contributed by atoms with Gasteiger partial charge in [-0.25, -0.2) is 4.79 Å². The Labute approximate surface area is 91.4 Å². The molecule has 0 spiro atoms. The van der Waals surface area contributed by atoms with Crippen molar-refractivity contribution < 1.29 is 14.6 Å². The third kappa shape index (κ3) is 1.92. The molecule has 3 N–H and O–H groups in total. The van der Waals surface area contributed by atoms with Gasteiger partial charge in [0.2, 0.25) is 0 Å². The predicted octanol–water partition coefficient (Wildman–Crippen LogP) is -0.921. The summed E-state index contributed by atoms with van der Waals surface area (Å²) in [6.07, 6.45) is 0.902. The standard InChI is InChI=1S/C9H13N3O4/c1-9(5-13)15-4-7(16-9)12-3-2-6(10)11-8(12)14/h2-3,7,13H,4-5H2,1H3,(H2,10,11,14)/t7-,9+/m1/s1. The second-order valence-electron chi connectivity index (χ2n) is 3.72. The van der Waals surface area contributed by atoms with Gasteiger partial charge in [-0.15, -0.1) is 0 Å². The largest absolute Gasteiger partial charge is 0.391 e. The van der Waals surface area contributed by atoms with Gasteiger partial charge in [-0.05, 0) is 13.0 Å². The number of hydrogen-bond donors (Lipinski definition) is 2. The number of nitrogen functional groups attached to an aromatic ring is 1. The highest BCUT2D eigenvalue weighted by molar-refractivity contribution is 5.23. The van der Waals surface area contributed by atoms with E-state index in [1.165, 1.54) is 16.8 Å². The molecule has 0 unspecified atom stereocenters. The summed E-state index contributed by atoms with van der Waals surface area (Å²) < 4.78 is 11.9. The quantitative estimate of drug-likeness (QED) is 0.677. The third-order valence-electron chi connectivity index (χ3n) is 2.37. The molecule has 7 nitrogen and oxygen atoms in total. The molecule has 2 atom stereocenters. The van der Waals surface area contributed by atoms with Crippen LogP contribution < -0.4 is 11.4 Å². The summed E-state index contributed by atoms with van der Waals surface area (Å²) in [6.45, 7) is 1.51. The molecule has 2 heterocycles. The SMILES string of the molecule is C[C@]1(CO)OC[C@H](n2ccc(N)nc2=O)O1. The van der Waals surface area contributed by atoms with E-state index in [2.05, 4.69) is 4.98 Å². The van der Waals surface area contributed by atoms with Crippen molar-refractivity contribution in [2.24, 2.45) is 0 Å². The summed E-state index contributed by atoms with van der Waals surface area (Å²) >= 11 is 0. The van der Waals surface area contributed by atoms with Crippen molar-refractivity contribution in [3.05, 3.63) is 22.7 Å². The Kier molecular flexibility index (Phi) is 2.66. The van der Waals surface area contributed by atoms with Crippen LogP contribution in [0.4, 0.5) is 5.82 Å². The summed E-state index contributed by atoms with van der Waals surface area (Å²) in [6, 6.07) is 1.50. The zero-order valence-corrected chi connectivity index (χ0v) is 8.79. The molecule has 0 amide bonds. The fourth-order valence-electron chi connectivity index (χ4n) is 1.47. The number of aromatic nitrogens is 2. The van der Waals surface area contributed by atoms with Crippen LogP contribution in [0.2, 0.25) is 0 Å². The van der Waals surface area contributed by atoms with Crippen molar-refractivity contribution in [2.45, 2.75) is 18.9 Å². The van der Waals surface area contributed by atoms with Crippen molar-refractivity contribution in [2.75, 3.05) is 18.9 Å². The zero-order chi connectivity index (χ0) is 11.8. The summed E-state index contributed by atoms with van der Waals surface area (Å²) in [7, 11) is 0. The lowest BCUT2D eigenvalue weighted by Gasteiger charge is -2.20. The molecule has 16 heavy (non-hydrogen) atoms. The van der Waals surface area contributed by atoms with E-state index < -0.39 is 17.7 Å². The van der Waals surface area contributed by atoms with Crippen LogP contribution in [-0.4, -0.2) is 33.7 Å². The molecular formula is C9H13N3O4. The van der Waals surface area contributed by atoms with Gasteiger partial charge in [-0.2, -0.15) is 4.98 Å². The first-order valence-electron chi connectivity index (χ1n) is 4.81. The van der Waals surface area contributed by atoms with Crippen LogP contribution in [-0.2, 0) is 9.47 Å². The fourth-order valence-corrected chi connectivity index (χ4v) is 1.47. The number of aliphatic hydroxyl groups excluding tert-OH is 1. The molecule has 2 rings (SSSR count). The highest BCUT2D eigenvalue weighted by Gasteiger charge is 2.37. The number of anilines is 1. The minimum Gasteiger partial charge on any atom is -0.391 e. The van der Waals surface area contributed by atoms with Gasteiger partial charge in [0.25, 0.3) is 0 Å². The van der Waals surface area contributed by atoms with Crippen LogP contribution in [0.5, 0.6) is 0 Å². The minimum absolute atomic E-state index is 0.157. The highest BCUT2D eigenvalue weighted by Crippen LogP contribution is 2.27. The van der Waals surface area contributed by atoms with Crippen molar-refractivity contribution in [1.82, 2.24) is 9.55 Å². The van der Waals surface area contributed by atoms with Gasteiger partial charge in [0, 0.05) is 6.20 Å². The summed E-state index contributed by atoms with van der Waals surface area (Å²) in [5.41, 5.74) is 4.87. The molecule has 0 radical (unpaired) electrons. The Morgan fingerprint density at radius 2 is 2.56 bits per heavy atom. The lowest BCUT2D eigenvalue weighted by atomic mass is 10.4. The van der Waals surface area contributed by atoms with Gasteiger partial charge < -0.3 is 20.3 Å². The van der Waals surface area contributed by atoms with E-state index in [4.69, 9.17) is 20.3 Å². The van der Waals surface area contributed by atoms with Gasteiger partial charge in [-0.3, -0.25) is 4.57 Å².